The van der Waals surface area contributed by atoms with E-state index in [1.165, 1.54) is 0 Å². The molecular formula is C17H26ClFN2. The summed E-state index contributed by atoms with van der Waals surface area (Å²) in [5, 5.41) is 3.81. The first-order valence-electron chi connectivity index (χ1n) is 7.76. The molecule has 2 rings (SSSR count). The fourth-order valence-electron chi connectivity index (χ4n) is 3.09. The van der Waals surface area contributed by atoms with Gasteiger partial charge in [0.15, 0.2) is 0 Å². The summed E-state index contributed by atoms with van der Waals surface area (Å²) in [5.74, 6) is 0.300. The van der Waals surface area contributed by atoms with Gasteiger partial charge in [0.1, 0.15) is 5.82 Å². The Kier molecular flexibility index (Phi) is 5.29. The number of nitrogens with one attached hydrogen (secondary N) is 1. The van der Waals surface area contributed by atoms with Gasteiger partial charge in [-0.25, -0.2) is 4.39 Å². The zero-order valence-corrected chi connectivity index (χ0v) is 14.2. The first-order valence-corrected chi connectivity index (χ1v) is 8.14. The Morgan fingerprint density at radius 2 is 2.19 bits per heavy atom. The lowest BCUT2D eigenvalue weighted by Gasteiger charge is -2.47. The lowest BCUT2D eigenvalue weighted by Crippen LogP contribution is -2.62. The predicted molar refractivity (Wildman–Crippen MR) is 87.1 cm³/mol. The molecule has 1 aliphatic rings. The number of hydrogen-bond donors (Lipinski definition) is 1. The van der Waals surface area contributed by atoms with Gasteiger partial charge >= 0.3 is 0 Å². The standard InChI is InChI=1S/C17H26ClFN2/c1-5-12(2)15-9-20-17(3,4)11-21(15)10-13-7-6-8-14(18)16(13)19/h6-8,12,15,20H,5,9-11H2,1-4H3. The van der Waals surface area contributed by atoms with Crippen LogP contribution in [0.2, 0.25) is 5.02 Å². The van der Waals surface area contributed by atoms with Crippen LogP contribution in [-0.2, 0) is 6.54 Å². The highest BCUT2D eigenvalue weighted by molar-refractivity contribution is 6.30. The third-order valence-electron chi connectivity index (χ3n) is 4.56. The van der Waals surface area contributed by atoms with Crippen molar-refractivity contribution in [1.29, 1.82) is 0 Å². The maximum Gasteiger partial charge on any atom is 0.146 e. The van der Waals surface area contributed by atoms with E-state index < -0.39 is 0 Å². The van der Waals surface area contributed by atoms with Gasteiger partial charge in [0.05, 0.1) is 5.02 Å². The topological polar surface area (TPSA) is 15.3 Å². The average molecular weight is 313 g/mol. The number of nitrogens with zero attached hydrogens (tertiary/aromatic N) is 1. The summed E-state index contributed by atoms with van der Waals surface area (Å²) < 4.78 is 14.2. The molecule has 2 unspecified atom stereocenters. The Hall–Kier alpha value is -0.640. The van der Waals surface area contributed by atoms with Crippen LogP contribution in [0, 0.1) is 11.7 Å². The molecule has 1 saturated heterocycles. The molecule has 118 valence electrons. The summed E-state index contributed by atoms with van der Waals surface area (Å²) >= 11 is 5.91. The van der Waals surface area contributed by atoms with Crippen LogP contribution in [0.4, 0.5) is 4.39 Å². The Bertz CT molecular complexity index is 490. The Morgan fingerprint density at radius 1 is 1.48 bits per heavy atom. The molecule has 0 radical (unpaired) electrons. The van der Waals surface area contributed by atoms with E-state index in [-0.39, 0.29) is 16.4 Å². The molecule has 2 nitrogen and oxygen atoms in total. The zero-order chi connectivity index (χ0) is 15.6. The van der Waals surface area contributed by atoms with E-state index in [1.807, 2.05) is 12.1 Å². The van der Waals surface area contributed by atoms with Crippen LogP contribution in [0.25, 0.3) is 0 Å². The molecule has 1 N–H and O–H groups in total. The smallest absolute Gasteiger partial charge is 0.146 e. The monoisotopic (exact) mass is 312 g/mol. The molecule has 0 saturated carbocycles. The van der Waals surface area contributed by atoms with Crippen molar-refractivity contribution in [1.82, 2.24) is 10.2 Å². The molecule has 0 amide bonds. The van der Waals surface area contributed by atoms with Crippen LogP contribution < -0.4 is 5.32 Å². The number of rotatable bonds is 4. The number of halogens is 2. The van der Waals surface area contributed by atoms with E-state index >= 15 is 0 Å². The van der Waals surface area contributed by atoms with Crippen molar-refractivity contribution >= 4 is 11.6 Å². The predicted octanol–water partition coefficient (Wildman–Crippen LogP) is 4.08. The van der Waals surface area contributed by atoms with Gasteiger partial charge in [-0.2, -0.15) is 0 Å². The molecule has 4 heteroatoms. The second-order valence-corrected chi connectivity index (χ2v) is 7.24. The first kappa shape index (κ1) is 16.7. The minimum Gasteiger partial charge on any atom is -0.309 e. The molecule has 0 aromatic heterocycles. The van der Waals surface area contributed by atoms with Gasteiger partial charge in [-0.3, -0.25) is 4.90 Å². The third kappa shape index (κ3) is 3.97. The highest BCUT2D eigenvalue weighted by Crippen LogP contribution is 2.26. The van der Waals surface area contributed by atoms with E-state index in [0.717, 1.165) is 19.5 Å². The average Bonchev–Trinajstić information content (AvgIpc) is 2.42. The number of hydrogen-bond acceptors (Lipinski definition) is 2. The van der Waals surface area contributed by atoms with Crippen LogP contribution in [-0.4, -0.2) is 29.6 Å². The molecule has 2 atom stereocenters. The fourth-order valence-corrected chi connectivity index (χ4v) is 3.28. The van der Waals surface area contributed by atoms with Crippen LogP contribution in [0.1, 0.15) is 39.7 Å². The molecule has 21 heavy (non-hydrogen) atoms. The fraction of sp³-hybridized carbons (Fsp3) is 0.647. The minimum atomic E-state index is -0.279. The quantitative estimate of drug-likeness (QED) is 0.901. The van der Waals surface area contributed by atoms with Gasteiger partial charge in [-0.15, -0.1) is 0 Å². The van der Waals surface area contributed by atoms with Gasteiger partial charge in [0, 0.05) is 36.8 Å². The second kappa shape index (κ2) is 6.64. The highest BCUT2D eigenvalue weighted by Gasteiger charge is 2.34. The summed E-state index contributed by atoms with van der Waals surface area (Å²) in [4.78, 5) is 2.40. The third-order valence-corrected chi connectivity index (χ3v) is 4.85. The molecular weight excluding hydrogens is 287 g/mol. The maximum absolute atomic E-state index is 14.2. The van der Waals surface area contributed by atoms with Crippen LogP contribution >= 0.6 is 11.6 Å². The van der Waals surface area contributed by atoms with Crippen molar-refractivity contribution in [3.05, 3.63) is 34.6 Å². The molecule has 0 aliphatic carbocycles. The summed E-state index contributed by atoms with van der Waals surface area (Å²) in [6, 6.07) is 5.70. The van der Waals surface area contributed by atoms with Gasteiger partial charge < -0.3 is 5.32 Å². The Balaban J connectivity index is 2.21. The Morgan fingerprint density at radius 3 is 2.86 bits per heavy atom. The van der Waals surface area contributed by atoms with Crippen molar-refractivity contribution in [2.45, 2.75) is 52.2 Å². The number of benzene rings is 1. The lowest BCUT2D eigenvalue weighted by atomic mass is 9.90. The van der Waals surface area contributed by atoms with Crippen LogP contribution in [0.15, 0.2) is 18.2 Å². The van der Waals surface area contributed by atoms with Crippen molar-refractivity contribution in [3.63, 3.8) is 0 Å². The van der Waals surface area contributed by atoms with Crippen molar-refractivity contribution in [2.24, 2.45) is 5.92 Å². The largest absolute Gasteiger partial charge is 0.309 e. The molecule has 1 aromatic carbocycles. The maximum atomic E-state index is 14.2. The SMILES string of the molecule is CCC(C)C1CNC(C)(C)CN1Cc1cccc(Cl)c1F. The molecule has 0 spiro atoms. The van der Waals surface area contributed by atoms with E-state index in [0.29, 0.717) is 24.1 Å². The summed E-state index contributed by atoms with van der Waals surface area (Å²) in [6.45, 7) is 11.3. The minimum absolute atomic E-state index is 0.0546. The molecule has 1 fully saturated rings. The van der Waals surface area contributed by atoms with Crippen molar-refractivity contribution in [3.8, 4) is 0 Å². The normalized spacial score (nSPS) is 24.0. The van der Waals surface area contributed by atoms with Gasteiger partial charge in [0.2, 0.25) is 0 Å². The van der Waals surface area contributed by atoms with E-state index in [9.17, 15) is 4.39 Å². The van der Waals surface area contributed by atoms with Gasteiger partial charge in [-0.1, -0.05) is 44.0 Å². The van der Waals surface area contributed by atoms with Crippen LogP contribution in [0.5, 0.6) is 0 Å². The summed E-state index contributed by atoms with van der Waals surface area (Å²) in [5.41, 5.74) is 0.743. The molecule has 0 bridgehead atoms. The van der Waals surface area contributed by atoms with E-state index in [1.54, 1.807) is 6.07 Å². The molecule has 1 aromatic rings. The second-order valence-electron chi connectivity index (χ2n) is 6.84. The van der Waals surface area contributed by atoms with Crippen molar-refractivity contribution in [2.75, 3.05) is 13.1 Å². The lowest BCUT2D eigenvalue weighted by molar-refractivity contribution is 0.0562. The first-order chi connectivity index (χ1) is 9.84. The van der Waals surface area contributed by atoms with Gasteiger partial charge in [-0.05, 0) is 25.8 Å². The Labute approximate surface area is 132 Å². The zero-order valence-electron chi connectivity index (χ0n) is 13.4. The molecule has 1 heterocycles. The summed E-state index contributed by atoms with van der Waals surface area (Å²) in [6.07, 6.45) is 1.13. The highest BCUT2D eigenvalue weighted by atomic mass is 35.5. The van der Waals surface area contributed by atoms with Crippen molar-refractivity contribution < 1.29 is 4.39 Å². The molecule has 1 aliphatic heterocycles. The van der Waals surface area contributed by atoms with E-state index in [4.69, 9.17) is 11.6 Å². The van der Waals surface area contributed by atoms with E-state index in [2.05, 4.69) is 37.9 Å². The van der Waals surface area contributed by atoms with Crippen LogP contribution in [0.3, 0.4) is 0 Å². The summed E-state index contributed by atoms with van der Waals surface area (Å²) in [7, 11) is 0. The number of piperazine rings is 1. The van der Waals surface area contributed by atoms with Gasteiger partial charge in [0.25, 0.3) is 0 Å².